The summed E-state index contributed by atoms with van der Waals surface area (Å²) < 4.78 is 0. The molecule has 2 rings (SSSR count). The maximum Gasteiger partial charge on any atom is 0.0907 e. The number of hydrogen-bond acceptors (Lipinski definition) is 4. The lowest BCUT2D eigenvalue weighted by atomic mass is 10.0. The van der Waals surface area contributed by atoms with E-state index in [4.69, 9.17) is 0 Å². The molecular formula is C14H22N2OS. The predicted octanol–water partition coefficient (Wildman–Crippen LogP) is 1.48. The summed E-state index contributed by atoms with van der Waals surface area (Å²) in [5.41, 5.74) is -0.521. The largest absolute Gasteiger partial charge is 0.387 e. The van der Waals surface area contributed by atoms with Crippen LogP contribution in [-0.4, -0.2) is 42.6 Å². The van der Waals surface area contributed by atoms with Crippen molar-refractivity contribution in [2.75, 3.05) is 31.9 Å². The fourth-order valence-electron chi connectivity index (χ4n) is 2.11. The molecule has 4 heteroatoms. The Bertz CT molecular complexity index is 339. The second-order valence-corrected chi connectivity index (χ2v) is 6.01. The minimum Gasteiger partial charge on any atom is -0.387 e. The van der Waals surface area contributed by atoms with Gasteiger partial charge in [-0.1, -0.05) is 18.2 Å². The lowest BCUT2D eigenvalue weighted by molar-refractivity contribution is 0.0614. The van der Waals surface area contributed by atoms with Gasteiger partial charge in [-0.2, -0.15) is 0 Å². The number of nitrogens with one attached hydrogen (secondary N) is 2. The monoisotopic (exact) mass is 266 g/mol. The Balaban J connectivity index is 1.51. The van der Waals surface area contributed by atoms with Crippen molar-refractivity contribution in [3.63, 3.8) is 0 Å². The van der Waals surface area contributed by atoms with Crippen LogP contribution in [0.1, 0.15) is 12.8 Å². The second-order valence-electron chi connectivity index (χ2n) is 4.84. The van der Waals surface area contributed by atoms with Crippen molar-refractivity contribution in [3.05, 3.63) is 30.3 Å². The minimum atomic E-state index is -0.521. The average molecular weight is 266 g/mol. The van der Waals surface area contributed by atoms with Gasteiger partial charge in [-0.25, -0.2) is 0 Å². The zero-order valence-electron chi connectivity index (χ0n) is 10.7. The van der Waals surface area contributed by atoms with E-state index in [-0.39, 0.29) is 0 Å². The number of rotatable bonds is 7. The molecule has 1 atom stereocenters. The highest BCUT2D eigenvalue weighted by molar-refractivity contribution is 7.99. The van der Waals surface area contributed by atoms with Gasteiger partial charge < -0.3 is 15.7 Å². The second kappa shape index (κ2) is 7.14. The summed E-state index contributed by atoms with van der Waals surface area (Å²) in [6, 6.07) is 10.5. The molecule has 0 radical (unpaired) electrons. The molecule has 100 valence electrons. The van der Waals surface area contributed by atoms with Crippen LogP contribution in [0.3, 0.4) is 0 Å². The average Bonchev–Trinajstić information content (AvgIpc) is 2.82. The molecule has 1 heterocycles. The first-order valence-corrected chi connectivity index (χ1v) is 7.59. The Labute approximate surface area is 113 Å². The minimum absolute atomic E-state index is 0.521. The summed E-state index contributed by atoms with van der Waals surface area (Å²) >= 11 is 1.89. The topological polar surface area (TPSA) is 44.3 Å². The molecule has 0 aromatic heterocycles. The molecule has 1 saturated heterocycles. The van der Waals surface area contributed by atoms with Crippen molar-refractivity contribution in [2.24, 2.45) is 0 Å². The van der Waals surface area contributed by atoms with Crippen LogP contribution < -0.4 is 10.6 Å². The molecule has 0 saturated carbocycles. The predicted molar refractivity (Wildman–Crippen MR) is 77.1 cm³/mol. The number of aliphatic hydroxyl groups is 1. The standard InChI is InChI=1S/C14H22N2OS/c17-14(7-9-16-12-14)11-15-8-4-10-18-13-5-2-1-3-6-13/h1-3,5-6,15-17H,4,7-12H2/t14-/m0/s1. The molecule has 18 heavy (non-hydrogen) atoms. The van der Waals surface area contributed by atoms with Crippen molar-refractivity contribution < 1.29 is 5.11 Å². The van der Waals surface area contributed by atoms with E-state index >= 15 is 0 Å². The highest BCUT2D eigenvalue weighted by atomic mass is 32.2. The van der Waals surface area contributed by atoms with Crippen LogP contribution in [0.25, 0.3) is 0 Å². The zero-order valence-corrected chi connectivity index (χ0v) is 11.5. The van der Waals surface area contributed by atoms with Crippen LogP contribution >= 0.6 is 11.8 Å². The molecule has 0 unspecified atom stereocenters. The molecule has 3 nitrogen and oxygen atoms in total. The Morgan fingerprint density at radius 2 is 2.17 bits per heavy atom. The molecule has 1 aliphatic rings. The smallest absolute Gasteiger partial charge is 0.0907 e. The molecule has 1 fully saturated rings. The van der Waals surface area contributed by atoms with Gasteiger partial charge in [0.25, 0.3) is 0 Å². The molecule has 1 aromatic carbocycles. The van der Waals surface area contributed by atoms with Crippen LogP contribution in [0.2, 0.25) is 0 Å². The highest BCUT2D eigenvalue weighted by Gasteiger charge is 2.29. The fraction of sp³-hybridized carbons (Fsp3) is 0.571. The van der Waals surface area contributed by atoms with E-state index in [9.17, 15) is 5.11 Å². The lowest BCUT2D eigenvalue weighted by Gasteiger charge is -2.21. The summed E-state index contributed by atoms with van der Waals surface area (Å²) in [6.45, 7) is 3.33. The van der Waals surface area contributed by atoms with E-state index in [0.29, 0.717) is 6.54 Å². The van der Waals surface area contributed by atoms with Gasteiger partial charge in [-0.15, -0.1) is 11.8 Å². The number of thioether (sulfide) groups is 1. The van der Waals surface area contributed by atoms with Crippen LogP contribution in [0, 0.1) is 0 Å². The third-order valence-electron chi connectivity index (χ3n) is 3.19. The normalized spacial score (nSPS) is 23.4. The van der Waals surface area contributed by atoms with Gasteiger partial charge in [-0.3, -0.25) is 0 Å². The summed E-state index contributed by atoms with van der Waals surface area (Å²) in [7, 11) is 0. The van der Waals surface area contributed by atoms with E-state index in [0.717, 1.165) is 38.2 Å². The number of benzene rings is 1. The first-order chi connectivity index (χ1) is 8.79. The van der Waals surface area contributed by atoms with E-state index in [1.807, 2.05) is 17.8 Å². The fourth-order valence-corrected chi connectivity index (χ4v) is 2.98. The first kappa shape index (κ1) is 13.9. The van der Waals surface area contributed by atoms with Crippen LogP contribution in [-0.2, 0) is 0 Å². The van der Waals surface area contributed by atoms with Crippen molar-refractivity contribution in [1.82, 2.24) is 10.6 Å². The van der Waals surface area contributed by atoms with Crippen molar-refractivity contribution in [1.29, 1.82) is 0 Å². The molecular weight excluding hydrogens is 244 g/mol. The van der Waals surface area contributed by atoms with Gasteiger partial charge in [0, 0.05) is 18.0 Å². The maximum atomic E-state index is 10.1. The van der Waals surface area contributed by atoms with Crippen molar-refractivity contribution in [2.45, 2.75) is 23.3 Å². The van der Waals surface area contributed by atoms with E-state index in [1.54, 1.807) is 0 Å². The van der Waals surface area contributed by atoms with Gasteiger partial charge in [0.05, 0.1) is 5.60 Å². The molecule has 3 N–H and O–H groups in total. The van der Waals surface area contributed by atoms with Crippen LogP contribution in [0.15, 0.2) is 35.2 Å². The van der Waals surface area contributed by atoms with Gasteiger partial charge in [0.15, 0.2) is 0 Å². The molecule has 1 aromatic rings. The number of hydrogen-bond donors (Lipinski definition) is 3. The van der Waals surface area contributed by atoms with Gasteiger partial charge >= 0.3 is 0 Å². The summed E-state index contributed by atoms with van der Waals surface area (Å²) in [5, 5.41) is 16.6. The van der Waals surface area contributed by atoms with Crippen LogP contribution in [0.5, 0.6) is 0 Å². The van der Waals surface area contributed by atoms with Gasteiger partial charge in [0.1, 0.15) is 0 Å². The maximum absolute atomic E-state index is 10.1. The SMILES string of the molecule is O[C@]1(CNCCCSc2ccccc2)CCNC1. The number of β-amino-alcohol motifs (C(OH)–C–C–N with tert-alkyl or cyclic N) is 1. The first-order valence-electron chi connectivity index (χ1n) is 6.60. The molecule has 0 amide bonds. The highest BCUT2D eigenvalue weighted by Crippen LogP contribution is 2.17. The van der Waals surface area contributed by atoms with Crippen LogP contribution in [0.4, 0.5) is 0 Å². The molecule has 0 aliphatic carbocycles. The Hall–Kier alpha value is -0.550. The quantitative estimate of drug-likeness (QED) is 0.517. The molecule has 0 spiro atoms. The Morgan fingerprint density at radius 1 is 1.33 bits per heavy atom. The summed E-state index contributed by atoms with van der Waals surface area (Å²) in [4.78, 5) is 1.33. The third-order valence-corrected chi connectivity index (χ3v) is 4.28. The zero-order chi connectivity index (χ0) is 12.7. The van der Waals surface area contributed by atoms with Gasteiger partial charge in [0.2, 0.25) is 0 Å². The summed E-state index contributed by atoms with van der Waals surface area (Å²) in [5.74, 6) is 1.12. The van der Waals surface area contributed by atoms with E-state index < -0.39 is 5.60 Å². The Morgan fingerprint density at radius 3 is 2.89 bits per heavy atom. The lowest BCUT2D eigenvalue weighted by Crippen LogP contribution is -2.42. The van der Waals surface area contributed by atoms with E-state index in [1.165, 1.54) is 4.90 Å². The van der Waals surface area contributed by atoms with Crippen molar-refractivity contribution >= 4 is 11.8 Å². The van der Waals surface area contributed by atoms with E-state index in [2.05, 4.69) is 34.9 Å². The molecule has 0 bridgehead atoms. The Kier molecular flexibility index (Phi) is 5.50. The van der Waals surface area contributed by atoms with Crippen molar-refractivity contribution in [3.8, 4) is 0 Å². The summed E-state index contributed by atoms with van der Waals surface area (Å²) in [6.07, 6.45) is 1.99. The molecule has 1 aliphatic heterocycles. The third kappa shape index (κ3) is 4.61. The van der Waals surface area contributed by atoms with Gasteiger partial charge in [-0.05, 0) is 43.8 Å².